The number of H-pyrrole nitrogens is 1. The first kappa shape index (κ1) is 20.7. The van der Waals surface area contributed by atoms with Crippen molar-refractivity contribution in [3.05, 3.63) is 68.6 Å². The van der Waals surface area contributed by atoms with Gasteiger partial charge >= 0.3 is 6.18 Å². The predicted octanol–water partition coefficient (Wildman–Crippen LogP) is 5.10. The van der Waals surface area contributed by atoms with E-state index in [1.807, 2.05) is 27.7 Å². The van der Waals surface area contributed by atoms with Gasteiger partial charge in [-0.25, -0.2) is 8.78 Å². The fourth-order valence-corrected chi connectivity index (χ4v) is 2.99. The summed E-state index contributed by atoms with van der Waals surface area (Å²) in [6, 6.07) is 8.06. The Kier molecular flexibility index (Phi) is 5.56. The van der Waals surface area contributed by atoms with Crippen molar-refractivity contribution in [2.75, 3.05) is 5.32 Å². The van der Waals surface area contributed by atoms with Crippen LogP contribution in [0.4, 0.5) is 27.6 Å². The van der Waals surface area contributed by atoms with Crippen molar-refractivity contribution < 1.29 is 26.7 Å². The third kappa shape index (κ3) is 4.21. The number of carbonyl (C=O) groups excluding carboxylic acids is 1. The molecule has 11 heteroatoms. The standard InChI is InChI=1S/C18H8F5IN4O/c19-11-3-1-8(5-9(11)7-25)14-15(27-28-16(14)18(21,22)23)17(29)26-13-4-2-10(24)6-12(13)20/h1-6H,(H,26,29)(H,27,28). The lowest BCUT2D eigenvalue weighted by Crippen LogP contribution is -2.15. The number of hydrogen-bond acceptors (Lipinski definition) is 3. The molecular formula is C18H8F5IN4O. The number of alkyl halides is 3. The van der Waals surface area contributed by atoms with Gasteiger partial charge in [0.1, 0.15) is 23.4 Å². The minimum Gasteiger partial charge on any atom is -0.318 e. The maximum atomic E-state index is 14.0. The summed E-state index contributed by atoms with van der Waals surface area (Å²) in [7, 11) is 0. The Morgan fingerprint density at radius 2 is 1.86 bits per heavy atom. The van der Waals surface area contributed by atoms with E-state index in [2.05, 4.69) is 10.4 Å². The van der Waals surface area contributed by atoms with Gasteiger partial charge in [0, 0.05) is 9.13 Å². The summed E-state index contributed by atoms with van der Waals surface area (Å²) < 4.78 is 68.3. The van der Waals surface area contributed by atoms with Crippen LogP contribution in [-0.4, -0.2) is 16.1 Å². The number of nitrogens with zero attached hydrogens (tertiary/aromatic N) is 2. The van der Waals surface area contributed by atoms with Crippen molar-refractivity contribution >= 4 is 34.2 Å². The van der Waals surface area contributed by atoms with E-state index in [4.69, 9.17) is 5.26 Å². The number of amides is 1. The summed E-state index contributed by atoms with van der Waals surface area (Å²) in [5.41, 5.74) is -3.74. The molecule has 5 nitrogen and oxygen atoms in total. The first-order valence-corrected chi connectivity index (χ1v) is 8.81. The van der Waals surface area contributed by atoms with Crippen LogP contribution in [0.5, 0.6) is 0 Å². The lowest BCUT2D eigenvalue weighted by atomic mass is 10.00. The van der Waals surface area contributed by atoms with Crippen molar-refractivity contribution in [3.63, 3.8) is 0 Å². The molecule has 3 aromatic rings. The largest absolute Gasteiger partial charge is 0.435 e. The first-order chi connectivity index (χ1) is 13.6. The average molecular weight is 518 g/mol. The molecule has 0 aliphatic heterocycles. The second-order valence-corrected chi connectivity index (χ2v) is 6.95. The summed E-state index contributed by atoms with van der Waals surface area (Å²) in [5, 5.41) is 16.3. The fraction of sp³-hybridized carbons (Fsp3) is 0.0556. The van der Waals surface area contributed by atoms with E-state index in [1.54, 1.807) is 0 Å². The van der Waals surface area contributed by atoms with Crippen LogP contribution in [0.1, 0.15) is 21.7 Å². The summed E-state index contributed by atoms with van der Waals surface area (Å²) in [6.45, 7) is 0. The SMILES string of the molecule is N#Cc1cc(-c2c(C(F)(F)F)n[nH]c2C(=O)Nc2ccc(I)cc2F)ccc1F. The fourth-order valence-electron chi connectivity index (χ4n) is 2.53. The maximum Gasteiger partial charge on any atom is 0.435 e. The van der Waals surface area contributed by atoms with Crippen LogP contribution in [0.3, 0.4) is 0 Å². The summed E-state index contributed by atoms with van der Waals surface area (Å²) in [6.07, 6.45) is -4.94. The van der Waals surface area contributed by atoms with Crippen LogP contribution in [0.25, 0.3) is 11.1 Å². The Hall–Kier alpha value is -3.01. The van der Waals surface area contributed by atoms with Gasteiger partial charge < -0.3 is 5.32 Å². The molecule has 0 atom stereocenters. The summed E-state index contributed by atoms with van der Waals surface area (Å²) in [5.74, 6) is -2.80. The summed E-state index contributed by atoms with van der Waals surface area (Å²) in [4.78, 5) is 12.5. The van der Waals surface area contributed by atoms with E-state index in [9.17, 15) is 26.7 Å². The molecule has 29 heavy (non-hydrogen) atoms. The van der Waals surface area contributed by atoms with Crippen molar-refractivity contribution in [1.29, 1.82) is 5.26 Å². The van der Waals surface area contributed by atoms with Gasteiger partial charge in [0.25, 0.3) is 5.91 Å². The van der Waals surface area contributed by atoms with E-state index in [-0.39, 0.29) is 11.3 Å². The highest BCUT2D eigenvalue weighted by atomic mass is 127. The molecule has 0 unspecified atom stereocenters. The molecule has 1 aromatic heterocycles. The van der Waals surface area contributed by atoms with Crippen molar-refractivity contribution in [2.45, 2.75) is 6.18 Å². The van der Waals surface area contributed by atoms with Gasteiger partial charge in [0.15, 0.2) is 5.69 Å². The second-order valence-electron chi connectivity index (χ2n) is 5.70. The molecule has 148 valence electrons. The Bertz CT molecular complexity index is 1150. The molecule has 2 aromatic carbocycles. The van der Waals surface area contributed by atoms with Crippen LogP contribution in [-0.2, 0) is 6.18 Å². The van der Waals surface area contributed by atoms with Crippen LogP contribution in [0.15, 0.2) is 36.4 Å². The van der Waals surface area contributed by atoms with E-state index >= 15 is 0 Å². The minimum absolute atomic E-state index is 0.249. The zero-order chi connectivity index (χ0) is 21.3. The van der Waals surface area contributed by atoms with Gasteiger partial charge in [-0.15, -0.1) is 0 Å². The molecule has 2 N–H and O–H groups in total. The number of rotatable bonds is 3. The number of hydrogen-bond donors (Lipinski definition) is 2. The number of aromatic nitrogens is 2. The van der Waals surface area contributed by atoms with Crippen LogP contribution in [0.2, 0.25) is 0 Å². The van der Waals surface area contributed by atoms with Crippen LogP contribution >= 0.6 is 22.6 Å². The quantitative estimate of drug-likeness (QED) is 0.374. The zero-order valence-corrected chi connectivity index (χ0v) is 16.2. The van der Waals surface area contributed by atoms with E-state index in [0.717, 1.165) is 24.3 Å². The van der Waals surface area contributed by atoms with E-state index in [1.165, 1.54) is 18.2 Å². The Balaban J connectivity index is 2.11. The lowest BCUT2D eigenvalue weighted by Gasteiger charge is -2.10. The number of halogens is 6. The highest BCUT2D eigenvalue weighted by Crippen LogP contribution is 2.38. The molecule has 0 spiro atoms. The highest BCUT2D eigenvalue weighted by molar-refractivity contribution is 14.1. The maximum absolute atomic E-state index is 14.0. The van der Waals surface area contributed by atoms with Gasteiger partial charge in [0.2, 0.25) is 0 Å². The van der Waals surface area contributed by atoms with Crippen molar-refractivity contribution in [1.82, 2.24) is 10.2 Å². The number of aromatic amines is 1. The summed E-state index contributed by atoms with van der Waals surface area (Å²) >= 11 is 1.85. The number of carbonyl (C=O) groups is 1. The van der Waals surface area contributed by atoms with E-state index in [0.29, 0.717) is 3.57 Å². The molecule has 0 fully saturated rings. The van der Waals surface area contributed by atoms with Gasteiger partial charge in [-0.05, 0) is 58.5 Å². The van der Waals surface area contributed by atoms with Gasteiger partial charge in [-0.1, -0.05) is 6.07 Å². The Labute approximate surface area is 173 Å². The smallest absolute Gasteiger partial charge is 0.318 e. The molecular weight excluding hydrogens is 510 g/mol. The number of nitrogens with one attached hydrogen (secondary N) is 2. The van der Waals surface area contributed by atoms with Crippen molar-refractivity contribution in [2.24, 2.45) is 0 Å². The van der Waals surface area contributed by atoms with E-state index < -0.39 is 46.2 Å². The number of anilines is 1. The third-order valence-corrected chi connectivity index (χ3v) is 4.49. The second kappa shape index (κ2) is 7.78. The molecule has 3 rings (SSSR count). The lowest BCUT2D eigenvalue weighted by molar-refractivity contribution is -0.140. The molecule has 0 aliphatic rings. The van der Waals surface area contributed by atoms with Gasteiger partial charge in [-0.3, -0.25) is 9.89 Å². The van der Waals surface area contributed by atoms with Crippen LogP contribution in [0, 0.1) is 26.5 Å². The molecule has 0 saturated heterocycles. The third-order valence-electron chi connectivity index (χ3n) is 3.82. The molecule has 0 bridgehead atoms. The minimum atomic E-state index is -4.94. The van der Waals surface area contributed by atoms with Gasteiger partial charge in [-0.2, -0.15) is 23.5 Å². The Morgan fingerprint density at radius 3 is 2.48 bits per heavy atom. The molecule has 0 radical (unpaired) electrons. The monoisotopic (exact) mass is 518 g/mol. The normalized spacial score (nSPS) is 11.2. The van der Waals surface area contributed by atoms with Crippen LogP contribution < -0.4 is 5.32 Å². The first-order valence-electron chi connectivity index (χ1n) is 7.73. The van der Waals surface area contributed by atoms with Gasteiger partial charge in [0.05, 0.1) is 11.3 Å². The number of benzene rings is 2. The molecule has 0 saturated carbocycles. The zero-order valence-electron chi connectivity index (χ0n) is 14.0. The van der Waals surface area contributed by atoms with Crippen molar-refractivity contribution in [3.8, 4) is 17.2 Å². The molecule has 0 aliphatic carbocycles. The molecule has 1 amide bonds. The Morgan fingerprint density at radius 1 is 1.14 bits per heavy atom. The highest BCUT2D eigenvalue weighted by Gasteiger charge is 2.39. The molecule has 1 heterocycles. The average Bonchev–Trinajstić information content (AvgIpc) is 3.10. The topological polar surface area (TPSA) is 81.6 Å². The number of nitriles is 1. The predicted molar refractivity (Wildman–Crippen MR) is 101 cm³/mol.